The van der Waals surface area contributed by atoms with Gasteiger partial charge >= 0.3 is 12.2 Å². The minimum Gasteiger partial charge on any atom is -0.463 e. The number of carbonyl (C=O) groups excluding carboxylic acids is 1. The molecule has 3 aromatic rings. The highest BCUT2D eigenvalue weighted by Crippen LogP contribution is 2.41. The lowest BCUT2D eigenvalue weighted by molar-refractivity contribution is 0.109. The highest BCUT2D eigenvalue weighted by molar-refractivity contribution is 7.92. The van der Waals surface area contributed by atoms with E-state index in [1.807, 2.05) is 34.6 Å². The van der Waals surface area contributed by atoms with Gasteiger partial charge in [-0.15, -0.1) is 16.4 Å². The van der Waals surface area contributed by atoms with E-state index in [4.69, 9.17) is 9.72 Å². The van der Waals surface area contributed by atoms with Crippen molar-refractivity contribution < 1.29 is 27.9 Å². The molecule has 13 heteroatoms. The molecule has 44 heavy (non-hydrogen) atoms. The number of alkyl carbamates (subject to hydrolysis) is 1. The zero-order valence-corrected chi connectivity index (χ0v) is 28.2. The third-order valence-electron chi connectivity index (χ3n) is 7.75. The van der Waals surface area contributed by atoms with Gasteiger partial charge < -0.3 is 20.5 Å². The molecule has 2 heterocycles. The Morgan fingerprint density at radius 3 is 2.34 bits per heavy atom. The van der Waals surface area contributed by atoms with E-state index in [1.54, 1.807) is 45.2 Å². The molecule has 0 spiro atoms. The van der Waals surface area contributed by atoms with Gasteiger partial charge in [-0.1, -0.05) is 26.8 Å². The fourth-order valence-electron chi connectivity index (χ4n) is 5.60. The normalized spacial score (nSPS) is 17.6. The van der Waals surface area contributed by atoms with Crippen LogP contribution in [0.4, 0.5) is 21.1 Å². The van der Waals surface area contributed by atoms with Crippen LogP contribution in [0.15, 0.2) is 29.3 Å². The molecule has 4 rings (SSSR count). The Labute approximate surface area is 263 Å². The molecule has 0 atom stereocenters. The van der Waals surface area contributed by atoms with Crippen molar-refractivity contribution in [3.63, 3.8) is 0 Å². The molecular weight excluding hydrogens is 603 g/mol. The van der Waals surface area contributed by atoms with Crippen molar-refractivity contribution in [3.05, 3.63) is 40.7 Å². The Morgan fingerprint density at radius 2 is 1.77 bits per heavy atom. The molecule has 0 saturated heterocycles. The first kappa shape index (κ1) is 33.4. The predicted molar refractivity (Wildman–Crippen MR) is 172 cm³/mol. The summed E-state index contributed by atoms with van der Waals surface area (Å²) in [5.41, 5.74) is 1.87. The third-order valence-corrected chi connectivity index (χ3v) is 11.1. The average molecular weight is 646 g/mol. The Bertz CT molecular complexity index is 1630. The summed E-state index contributed by atoms with van der Waals surface area (Å²) in [7, 11) is -3.70. The summed E-state index contributed by atoms with van der Waals surface area (Å²) < 4.78 is 33.4. The van der Waals surface area contributed by atoms with Gasteiger partial charge in [-0.2, -0.15) is 4.68 Å². The van der Waals surface area contributed by atoms with Gasteiger partial charge in [0.25, 0.3) is 0 Å². The van der Waals surface area contributed by atoms with Crippen LogP contribution in [-0.4, -0.2) is 57.9 Å². The molecule has 3 N–H and O–H groups in total. The molecule has 2 aromatic heterocycles. The Kier molecular flexibility index (Phi) is 9.79. The molecule has 1 amide bonds. The van der Waals surface area contributed by atoms with Gasteiger partial charge in [-0.05, 0) is 77.8 Å². The number of sulfone groups is 1. The molecule has 0 aliphatic heterocycles. The van der Waals surface area contributed by atoms with Crippen molar-refractivity contribution in [1.29, 1.82) is 0 Å². The Hall–Kier alpha value is -3.45. The maximum Gasteiger partial charge on any atom is 0.432 e. The van der Waals surface area contributed by atoms with E-state index in [-0.39, 0.29) is 23.0 Å². The second-order valence-corrected chi connectivity index (χ2v) is 16.4. The standard InChI is InChI=1S/C31H43N5O6S2/c1-17(2)42-29(37)34-21-11-9-20(10-12-21)28-32-16-24(43-28)23-14-13-22(15-25(23)44(40,41)18(3)4)33-27-26(31(6,7)8)19(5)36(35-27)30(38)39/h13-18,20-21H,9-12H2,1-8H3,(H,33,35)(H,34,37)(H,38,39). The largest absolute Gasteiger partial charge is 0.463 e. The van der Waals surface area contributed by atoms with Gasteiger partial charge in [0.15, 0.2) is 15.7 Å². The van der Waals surface area contributed by atoms with E-state index >= 15 is 0 Å². The SMILES string of the molecule is Cc1c(C(C)(C)C)c(Nc2ccc(-c3cnc(C4CCC(NC(=O)OC(C)C)CC4)s3)c(S(=O)(=O)C(C)C)c2)nn1C(=O)O. The first-order valence-electron chi connectivity index (χ1n) is 14.9. The molecule has 1 aliphatic rings. The summed E-state index contributed by atoms with van der Waals surface area (Å²) in [5, 5.41) is 20.4. The van der Waals surface area contributed by atoms with Crippen LogP contribution < -0.4 is 10.6 Å². The van der Waals surface area contributed by atoms with E-state index in [0.717, 1.165) is 45.8 Å². The monoisotopic (exact) mass is 645 g/mol. The summed E-state index contributed by atoms with van der Waals surface area (Å²) in [6, 6.07) is 5.21. The van der Waals surface area contributed by atoms with Crippen molar-refractivity contribution in [2.75, 3.05) is 5.32 Å². The number of carbonyl (C=O) groups is 2. The first-order chi connectivity index (χ1) is 20.5. The van der Waals surface area contributed by atoms with Gasteiger partial charge in [0.05, 0.1) is 31.8 Å². The molecule has 0 bridgehead atoms. The summed E-state index contributed by atoms with van der Waals surface area (Å²) in [4.78, 5) is 29.4. The van der Waals surface area contributed by atoms with Crippen molar-refractivity contribution in [1.82, 2.24) is 20.1 Å². The molecule has 0 unspecified atom stereocenters. The topological polar surface area (TPSA) is 153 Å². The summed E-state index contributed by atoms with van der Waals surface area (Å²) in [6.45, 7) is 14.5. The predicted octanol–water partition coefficient (Wildman–Crippen LogP) is 7.23. The van der Waals surface area contributed by atoms with E-state index in [2.05, 4.69) is 15.7 Å². The van der Waals surface area contributed by atoms with Crippen molar-refractivity contribution >= 4 is 44.9 Å². The van der Waals surface area contributed by atoms with Gasteiger partial charge in [-0.3, -0.25) is 0 Å². The van der Waals surface area contributed by atoms with Crippen LogP contribution in [-0.2, 0) is 20.0 Å². The van der Waals surface area contributed by atoms with Crippen LogP contribution >= 0.6 is 11.3 Å². The molecule has 1 fully saturated rings. The van der Waals surface area contributed by atoms with Crippen LogP contribution in [0.5, 0.6) is 0 Å². The third kappa shape index (κ3) is 7.26. The quantitative estimate of drug-likeness (QED) is 0.230. The zero-order valence-electron chi connectivity index (χ0n) is 26.6. The number of nitrogens with one attached hydrogen (secondary N) is 2. The highest BCUT2D eigenvalue weighted by Gasteiger charge is 2.30. The van der Waals surface area contributed by atoms with Crippen LogP contribution in [0, 0.1) is 6.92 Å². The van der Waals surface area contributed by atoms with E-state index < -0.39 is 32.7 Å². The first-order valence-corrected chi connectivity index (χ1v) is 17.3. The number of ether oxygens (including phenoxy) is 1. The van der Waals surface area contributed by atoms with Crippen LogP contribution in [0.3, 0.4) is 0 Å². The van der Waals surface area contributed by atoms with Gasteiger partial charge in [0.1, 0.15) is 0 Å². The van der Waals surface area contributed by atoms with Crippen molar-refractivity contribution in [2.45, 2.75) is 115 Å². The summed E-state index contributed by atoms with van der Waals surface area (Å²) >= 11 is 1.49. The van der Waals surface area contributed by atoms with Crippen molar-refractivity contribution in [3.8, 4) is 10.4 Å². The highest BCUT2D eigenvalue weighted by atomic mass is 32.2. The molecule has 11 nitrogen and oxygen atoms in total. The lowest BCUT2D eigenvalue weighted by atomic mass is 9.86. The number of benzene rings is 1. The number of rotatable bonds is 8. The second-order valence-electron chi connectivity index (χ2n) is 12.9. The zero-order chi connectivity index (χ0) is 32.6. The molecule has 1 saturated carbocycles. The second kappa shape index (κ2) is 12.9. The van der Waals surface area contributed by atoms with E-state index in [0.29, 0.717) is 22.8 Å². The molecule has 0 radical (unpaired) electrons. The number of hydrogen-bond donors (Lipinski definition) is 3. The van der Waals surface area contributed by atoms with Crippen LogP contribution in [0.25, 0.3) is 10.4 Å². The Balaban J connectivity index is 1.62. The fourth-order valence-corrected chi connectivity index (χ4v) is 8.08. The molecular formula is C31H43N5O6S2. The lowest BCUT2D eigenvalue weighted by Gasteiger charge is -2.28. The number of aromatic nitrogens is 3. The smallest absolute Gasteiger partial charge is 0.432 e. The van der Waals surface area contributed by atoms with Gasteiger partial charge in [0, 0.05) is 35.0 Å². The summed E-state index contributed by atoms with van der Waals surface area (Å²) in [5.74, 6) is 0.586. The summed E-state index contributed by atoms with van der Waals surface area (Å²) in [6.07, 6.45) is 3.32. The maximum absolute atomic E-state index is 13.6. The maximum atomic E-state index is 13.6. The van der Waals surface area contributed by atoms with Crippen molar-refractivity contribution in [2.24, 2.45) is 0 Å². The van der Waals surface area contributed by atoms with Gasteiger partial charge in [-0.25, -0.2) is 23.0 Å². The molecule has 240 valence electrons. The van der Waals surface area contributed by atoms with E-state index in [1.165, 1.54) is 11.3 Å². The number of thiazole rings is 1. The number of anilines is 2. The van der Waals surface area contributed by atoms with Crippen LogP contribution in [0.1, 0.15) is 96.3 Å². The number of amides is 1. The minimum atomic E-state index is -3.70. The van der Waals surface area contributed by atoms with Crippen LogP contribution in [0.2, 0.25) is 0 Å². The number of nitrogens with zero attached hydrogens (tertiary/aromatic N) is 3. The minimum absolute atomic E-state index is 0.0595. The fraction of sp³-hybridized carbons (Fsp3) is 0.548. The molecule has 1 aromatic carbocycles. The lowest BCUT2D eigenvalue weighted by Crippen LogP contribution is -2.38. The van der Waals surface area contributed by atoms with E-state index in [9.17, 15) is 23.1 Å². The number of carboxylic acid groups (broad SMARTS) is 1. The van der Waals surface area contributed by atoms with Gasteiger partial charge in [0.2, 0.25) is 0 Å². The molecule has 1 aliphatic carbocycles. The Morgan fingerprint density at radius 1 is 1.11 bits per heavy atom. The average Bonchev–Trinajstić information content (AvgIpc) is 3.53. The number of hydrogen-bond acceptors (Lipinski definition) is 9.